The van der Waals surface area contributed by atoms with E-state index < -0.39 is 15.3 Å². The highest BCUT2D eigenvalue weighted by molar-refractivity contribution is 7.93. The zero-order chi connectivity index (χ0) is 11.5. The van der Waals surface area contributed by atoms with Crippen LogP contribution in [0.2, 0.25) is 0 Å². The fourth-order valence-corrected chi connectivity index (χ4v) is 2.12. The fraction of sp³-hybridized carbons (Fsp3) is 0.500. The number of hydrogen-bond donors (Lipinski definition) is 1. The van der Waals surface area contributed by atoms with Gasteiger partial charge >= 0.3 is 0 Å². The summed E-state index contributed by atoms with van der Waals surface area (Å²) in [5.74, 6) is 0.596. The molecular formula is C8H11N3O3S. The topological polar surface area (TPSA) is 96.0 Å². The number of nitriles is 1. The van der Waals surface area contributed by atoms with Crippen LogP contribution in [0.15, 0.2) is 10.6 Å². The summed E-state index contributed by atoms with van der Waals surface area (Å²) < 4.78 is 30.0. The van der Waals surface area contributed by atoms with Gasteiger partial charge < -0.3 is 4.52 Å². The summed E-state index contributed by atoms with van der Waals surface area (Å²) in [5.41, 5.74) is 0. The molecule has 1 unspecified atom stereocenters. The van der Waals surface area contributed by atoms with Crippen LogP contribution in [0.4, 0.5) is 5.82 Å². The van der Waals surface area contributed by atoms with Gasteiger partial charge in [-0.1, -0.05) is 12.1 Å². The summed E-state index contributed by atoms with van der Waals surface area (Å²) in [6.45, 7) is 3.27. The van der Waals surface area contributed by atoms with Gasteiger partial charge in [0.25, 0.3) is 0 Å². The van der Waals surface area contributed by atoms with Crippen LogP contribution in [0.1, 0.15) is 19.1 Å². The van der Waals surface area contributed by atoms with Gasteiger partial charge in [-0.15, -0.1) is 0 Å². The number of sulfonamides is 1. The lowest BCUT2D eigenvalue weighted by molar-refractivity contribution is 0.400. The number of nitrogens with one attached hydrogen (secondary N) is 1. The third kappa shape index (κ3) is 2.70. The summed E-state index contributed by atoms with van der Waals surface area (Å²) in [5, 5.41) is 11.0. The molecule has 0 spiro atoms. The molecule has 0 amide bonds. The van der Waals surface area contributed by atoms with Crippen molar-refractivity contribution in [2.75, 3.05) is 4.72 Å². The minimum absolute atomic E-state index is 0.0983. The second-order valence-electron chi connectivity index (χ2n) is 3.00. The third-order valence-corrected chi connectivity index (χ3v) is 3.45. The molecule has 0 aliphatic rings. The quantitative estimate of drug-likeness (QED) is 0.831. The Morgan fingerprint density at radius 2 is 2.40 bits per heavy atom. The summed E-state index contributed by atoms with van der Waals surface area (Å²) in [7, 11) is -3.70. The molecule has 1 heterocycles. The first-order valence-electron chi connectivity index (χ1n) is 4.34. The van der Waals surface area contributed by atoms with Crippen molar-refractivity contribution in [3.8, 4) is 6.07 Å². The molecule has 6 nitrogen and oxygen atoms in total. The maximum absolute atomic E-state index is 11.6. The molecule has 1 atom stereocenters. The second kappa shape index (κ2) is 4.31. The normalized spacial score (nSPS) is 13.1. The average molecular weight is 229 g/mol. The molecule has 0 aromatic carbocycles. The van der Waals surface area contributed by atoms with Crippen LogP contribution in [0.3, 0.4) is 0 Å². The molecule has 15 heavy (non-hydrogen) atoms. The predicted octanol–water partition coefficient (Wildman–Crippen LogP) is 1.03. The first-order chi connectivity index (χ1) is 6.99. The maximum Gasteiger partial charge on any atom is 0.250 e. The highest BCUT2D eigenvalue weighted by Gasteiger charge is 2.24. The molecule has 1 N–H and O–H groups in total. The van der Waals surface area contributed by atoms with Crippen molar-refractivity contribution in [1.82, 2.24) is 5.16 Å². The SMILES string of the molecule is CCC(C#N)S(=O)(=O)Nc1cc(C)on1. The van der Waals surface area contributed by atoms with Crippen molar-refractivity contribution in [2.24, 2.45) is 0 Å². The number of aromatic nitrogens is 1. The molecule has 0 saturated heterocycles. The second-order valence-corrected chi connectivity index (χ2v) is 4.86. The Labute approximate surface area is 87.9 Å². The Kier molecular flexibility index (Phi) is 3.31. The van der Waals surface area contributed by atoms with Crippen LogP contribution in [0, 0.1) is 18.3 Å². The lowest BCUT2D eigenvalue weighted by atomic mass is 10.4. The maximum atomic E-state index is 11.6. The van der Waals surface area contributed by atoms with E-state index in [1.807, 2.05) is 0 Å². The zero-order valence-corrected chi connectivity index (χ0v) is 9.21. The van der Waals surface area contributed by atoms with Crippen LogP contribution in [-0.4, -0.2) is 18.8 Å². The highest BCUT2D eigenvalue weighted by atomic mass is 32.2. The van der Waals surface area contributed by atoms with Gasteiger partial charge in [-0.25, -0.2) is 8.42 Å². The summed E-state index contributed by atoms with van der Waals surface area (Å²) in [4.78, 5) is 0. The molecule has 82 valence electrons. The fourth-order valence-electron chi connectivity index (χ4n) is 1.01. The monoisotopic (exact) mass is 229 g/mol. The van der Waals surface area contributed by atoms with E-state index in [-0.39, 0.29) is 12.2 Å². The Morgan fingerprint density at radius 1 is 1.73 bits per heavy atom. The Bertz CT molecular complexity index is 472. The molecule has 0 bridgehead atoms. The minimum Gasteiger partial charge on any atom is -0.360 e. The van der Waals surface area contributed by atoms with E-state index in [0.29, 0.717) is 5.76 Å². The van der Waals surface area contributed by atoms with Crippen LogP contribution in [0.25, 0.3) is 0 Å². The molecule has 1 aromatic rings. The smallest absolute Gasteiger partial charge is 0.250 e. The van der Waals surface area contributed by atoms with Crippen molar-refractivity contribution in [3.63, 3.8) is 0 Å². The highest BCUT2D eigenvalue weighted by Crippen LogP contribution is 2.13. The van der Waals surface area contributed by atoms with Crippen LogP contribution < -0.4 is 4.72 Å². The lowest BCUT2D eigenvalue weighted by Crippen LogP contribution is -2.26. The Morgan fingerprint density at radius 3 is 2.80 bits per heavy atom. The van der Waals surface area contributed by atoms with E-state index in [0.717, 1.165) is 0 Å². The van der Waals surface area contributed by atoms with Crippen LogP contribution in [-0.2, 0) is 10.0 Å². The van der Waals surface area contributed by atoms with Gasteiger partial charge in [0, 0.05) is 6.07 Å². The molecule has 0 aliphatic heterocycles. The Balaban J connectivity index is 2.86. The Hall–Kier alpha value is -1.55. The van der Waals surface area contributed by atoms with Crippen molar-refractivity contribution in [3.05, 3.63) is 11.8 Å². The first kappa shape index (κ1) is 11.5. The van der Waals surface area contributed by atoms with E-state index in [2.05, 4.69) is 9.88 Å². The van der Waals surface area contributed by atoms with Crippen LogP contribution in [0.5, 0.6) is 0 Å². The number of anilines is 1. The van der Waals surface area contributed by atoms with Gasteiger partial charge in [0.1, 0.15) is 5.76 Å². The van der Waals surface area contributed by atoms with Crippen molar-refractivity contribution in [2.45, 2.75) is 25.5 Å². The summed E-state index contributed by atoms with van der Waals surface area (Å²) in [6.07, 6.45) is 0.225. The van der Waals surface area contributed by atoms with Crippen molar-refractivity contribution in [1.29, 1.82) is 5.26 Å². The zero-order valence-electron chi connectivity index (χ0n) is 8.39. The predicted molar refractivity (Wildman–Crippen MR) is 53.5 cm³/mol. The van der Waals surface area contributed by atoms with E-state index in [9.17, 15) is 8.42 Å². The number of rotatable bonds is 4. The molecule has 1 aromatic heterocycles. The van der Waals surface area contributed by atoms with Crippen LogP contribution >= 0.6 is 0 Å². The molecule has 0 saturated carbocycles. The summed E-state index contributed by atoms with van der Waals surface area (Å²) in [6, 6.07) is 3.16. The number of hydrogen-bond acceptors (Lipinski definition) is 5. The molecule has 0 fully saturated rings. The van der Waals surface area contributed by atoms with E-state index in [1.165, 1.54) is 6.07 Å². The molecule has 7 heteroatoms. The van der Waals surface area contributed by atoms with Gasteiger partial charge in [0.15, 0.2) is 11.1 Å². The summed E-state index contributed by atoms with van der Waals surface area (Å²) >= 11 is 0. The standard InChI is InChI=1S/C8H11N3O3S/c1-3-7(5-9)15(12,13)11-8-4-6(2)14-10-8/h4,7H,3H2,1-2H3,(H,10,11). The molecular weight excluding hydrogens is 218 g/mol. The van der Waals surface area contributed by atoms with E-state index >= 15 is 0 Å². The van der Waals surface area contributed by atoms with E-state index in [4.69, 9.17) is 9.78 Å². The van der Waals surface area contributed by atoms with Gasteiger partial charge in [-0.05, 0) is 13.3 Å². The molecule has 1 rings (SSSR count). The molecule has 0 aliphatic carbocycles. The van der Waals surface area contributed by atoms with Gasteiger partial charge in [-0.2, -0.15) is 5.26 Å². The molecule has 0 radical (unpaired) electrons. The largest absolute Gasteiger partial charge is 0.360 e. The van der Waals surface area contributed by atoms with Crippen molar-refractivity contribution >= 4 is 15.8 Å². The number of aryl methyl sites for hydroxylation is 1. The number of nitrogens with zero attached hydrogens (tertiary/aromatic N) is 2. The third-order valence-electron chi connectivity index (χ3n) is 1.76. The van der Waals surface area contributed by atoms with Gasteiger partial charge in [0.2, 0.25) is 10.0 Å². The van der Waals surface area contributed by atoms with Crippen molar-refractivity contribution < 1.29 is 12.9 Å². The van der Waals surface area contributed by atoms with Gasteiger partial charge in [0.05, 0.1) is 6.07 Å². The first-order valence-corrected chi connectivity index (χ1v) is 5.88. The minimum atomic E-state index is -3.70. The lowest BCUT2D eigenvalue weighted by Gasteiger charge is -2.07. The van der Waals surface area contributed by atoms with E-state index in [1.54, 1.807) is 19.9 Å². The average Bonchev–Trinajstić information content (AvgIpc) is 2.51. The van der Waals surface area contributed by atoms with Gasteiger partial charge in [-0.3, -0.25) is 4.72 Å².